The molecule has 0 N–H and O–H groups in total. The number of carbonyl (C=O) groups excluding carboxylic acids is 1. The molecule has 154 valence electrons. The number of nitrogens with zero attached hydrogens (tertiary/aromatic N) is 3. The minimum Gasteiger partial charge on any atom is -0.466 e. The molecule has 1 fully saturated rings. The number of aromatic nitrogens is 1. The largest absolute Gasteiger partial charge is 0.466 e. The number of hydrogen-bond acceptors (Lipinski definition) is 6. The minimum absolute atomic E-state index is 0.0443. The number of ether oxygens (including phenoxy) is 1. The third-order valence-electron chi connectivity index (χ3n) is 5.24. The van der Waals surface area contributed by atoms with Crippen molar-refractivity contribution in [2.45, 2.75) is 27.2 Å². The number of morpholine rings is 1. The molecule has 2 aromatic heterocycles. The maximum atomic E-state index is 13.4. The van der Waals surface area contributed by atoms with E-state index in [2.05, 4.69) is 24.0 Å². The molecule has 3 aromatic rings. The summed E-state index contributed by atoms with van der Waals surface area (Å²) in [6.45, 7) is 10.8. The van der Waals surface area contributed by atoms with Crippen molar-refractivity contribution in [1.82, 2.24) is 9.88 Å². The lowest BCUT2D eigenvalue weighted by Crippen LogP contribution is -2.39. The maximum absolute atomic E-state index is 13.4. The number of anilines is 1. The van der Waals surface area contributed by atoms with Gasteiger partial charge in [-0.2, -0.15) is 0 Å². The molecule has 4 rings (SSSR count). The van der Waals surface area contributed by atoms with Crippen molar-refractivity contribution in [2.75, 3.05) is 44.3 Å². The molecule has 1 saturated heterocycles. The zero-order valence-corrected chi connectivity index (χ0v) is 18.1. The molecule has 0 saturated carbocycles. The van der Waals surface area contributed by atoms with Crippen LogP contribution >= 0.6 is 11.3 Å². The molecule has 6 nitrogen and oxygen atoms in total. The van der Waals surface area contributed by atoms with Gasteiger partial charge in [0.25, 0.3) is 5.91 Å². The Labute approximate surface area is 175 Å². The van der Waals surface area contributed by atoms with Crippen LogP contribution < -0.4 is 4.90 Å². The van der Waals surface area contributed by atoms with Gasteiger partial charge in [0.05, 0.1) is 29.0 Å². The van der Waals surface area contributed by atoms with Crippen LogP contribution in [0.2, 0.25) is 0 Å². The molecule has 7 heteroatoms. The van der Waals surface area contributed by atoms with E-state index in [-0.39, 0.29) is 5.91 Å². The van der Waals surface area contributed by atoms with E-state index in [1.54, 1.807) is 11.3 Å². The zero-order chi connectivity index (χ0) is 20.4. The van der Waals surface area contributed by atoms with Gasteiger partial charge >= 0.3 is 0 Å². The molecule has 1 aliphatic rings. The zero-order valence-electron chi connectivity index (χ0n) is 17.2. The lowest BCUT2D eigenvalue weighted by atomic mass is 10.2. The van der Waals surface area contributed by atoms with Gasteiger partial charge in [0.1, 0.15) is 11.5 Å². The monoisotopic (exact) mass is 413 g/mol. The molecule has 1 aromatic carbocycles. The van der Waals surface area contributed by atoms with Gasteiger partial charge in [0, 0.05) is 26.2 Å². The summed E-state index contributed by atoms with van der Waals surface area (Å²) < 4.78 is 12.1. The molecular formula is C22H27N3O3S. The Hall–Kier alpha value is -2.22. The number of fused-ring (bicyclic) bond motifs is 1. The topological polar surface area (TPSA) is 58.8 Å². The van der Waals surface area contributed by atoms with Crippen molar-refractivity contribution >= 4 is 32.6 Å². The average molecular weight is 414 g/mol. The van der Waals surface area contributed by atoms with Crippen LogP contribution in [0.4, 0.5) is 5.13 Å². The van der Waals surface area contributed by atoms with E-state index < -0.39 is 0 Å². The molecule has 3 heterocycles. The number of amides is 1. The van der Waals surface area contributed by atoms with Crippen molar-refractivity contribution in [3.8, 4) is 0 Å². The third-order valence-corrected chi connectivity index (χ3v) is 6.28. The number of rotatable bonds is 6. The Bertz CT molecular complexity index is 1000. The highest BCUT2D eigenvalue weighted by atomic mass is 32.1. The predicted molar refractivity (Wildman–Crippen MR) is 116 cm³/mol. The lowest BCUT2D eigenvalue weighted by Gasteiger charge is -2.27. The fourth-order valence-corrected chi connectivity index (χ4v) is 4.77. The predicted octanol–water partition coefficient (Wildman–Crippen LogP) is 4.18. The second-order valence-electron chi connectivity index (χ2n) is 7.56. The molecule has 29 heavy (non-hydrogen) atoms. The van der Waals surface area contributed by atoms with Crippen LogP contribution in [0.15, 0.2) is 28.7 Å². The standard InChI is InChI=1S/C22H27N3O3S/c1-15-5-6-19-20(13-15)29-22(23-19)25(8-4-7-24-9-11-27-12-10-24)21(26)18-14-16(2)28-17(18)3/h5-6,13-14H,4,7-12H2,1-3H3. The van der Waals surface area contributed by atoms with Gasteiger partial charge in [-0.3, -0.25) is 14.6 Å². The quantitative estimate of drug-likeness (QED) is 0.607. The van der Waals surface area contributed by atoms with E-state index in [4.69, 9.17) is 14.1 Å². The van der Waals surface area contributed by atoms with Crippen LogP contribution in [-0.2, 0) is 4.74 Å². The van der Waals surface area contributed by atoms with Crippen molar-refractivity contribution in [3.05, 3.63) is 46.9 Å². The lowest BCUT2D eigenvalue weighted by molar-refractivity contribution is 0.0376. The second kappa shape index (κ2) is 8.65. The molecule has 1 aliphatic heterocycles. The second-order valence-corrected chi connectivity index (χ2v) is 8.57. The minimum atomic E-state index is -0.0443. The number of hydrogen-bond donors (Lipinski definition) is 0. The van der Waals surface area contributed by atoms with Gasteiger partial charge in [-0.15, -0.1) is 0 Å². The van der Waals surface area contributed by atoms with Gasteiger partial charge in [-0.05, 0) is 51.0 Å². The fraction of sp³-hybridized carbons (Fsp3) is 0.455. The van der Waals surface area contributed by atoms with Crippen LogP contribution in [0.25, 0.3) is 10.2 Å². The van der Waals surface area contributed by atoms with E-state index in [1.807, 2.05) is 30.9 Å². The highest BCUT2D eigenvalue weighted by Crippen LogP contribution is 2.31. The maximum Gasteiger partial charge on any atom is 0.263 e. The number of thiazole rings is 1. The van der Waals surface area contributed by atoms with Crippen molar-refractivity contribution in [1.29, 1.82) is 0 Å². The SMILES string of the molecule is Cc1ccc2nc(N(CCCN3CCOCC3)C(=O)c3cc(C)oc3C)sc2c1. The van der Waals surface area contributed by atoms with E-state index in [1.165, 1.54) is 5.56 Å². The molecular weight excluding hydrogens is 386 g/mol. The van der Waals surface area contributed by atoms with E-state index >= 15 is 0 Å². The average Bonchev–Trinajstić information content (AvgIpc) is 3.27. The number of aryl methyl sites for hydroxylation is 3. The van der Waals surface area contributed by atoms with Gasteiger partial charge in [-0.1, -0.05) is 17.4 Å². The fourth-order valence-electron chi connectivity index (χ4n) is 3.68. The Balaban J connectivity index is 1.58. The summed E-state index contributed by atoms with van der Waals surface area (Å²) in [5, 5.41) is 0.746. The molecule has 0 aliphatic carbocycles. The van der Waals surface area contributed by atoms with Crippen LogP contribution in [0.1, 0.15) is 33.9 Å². The first-order valence-corrected chi connectivity index (χ1v) is 10.9. The van der Waals surface area contributed by atoms with Crippen molar-refractivity contribution in [2.24, 2.45) is 0 Å². The molecule has 0 radical (unpaired) electrons. The summed E-state index contributed by atoms with van der Waals surface area (Å²) in [6.07, 6.45) is 0.885. The Morgan fingerprint density at radius 2 is 2.00 bits per heavy atom. The summed E-state index contributed by atoms with van der Waals surface area (Å²) in [4.78, 5) is 22.4. The van der Waals surface area contributed by atoms with Crippen LogP contribution in [-0.4, -0.2) is 55.2 Å². The van der Waals surface area contributed by atoms with Gasteiger partial charge in [-0.25, -0.2) is 4.98 Å². The van der Waals surface area contributed by atoms with Gasteiger partial charge < -0.3 is 9.15 Å². The Morgan fingerprint density at radius 3 is 2.72 bits per heavy atom. The highest BCUT2D eigenvalue weighted by Gasteiger charge is 2.25. The summed E-state index contributed by atoms with van der Waals surface area (Å²) in [6, 6.07) is 8.03. The number of benzene rings is 1. The van der Waals surface area contributed by atoms with E-state index in [9.17, 15) is 4.79 Å². The van der Waals surface area contributed by atoms with E-state index in [0.29, 0.717) is 17.9 Å². The van der Waals surface area contributed by atoms with Gasteiger partial charge in [0.2, 0.25) is 0 Å². The number of furan rings is 1. The Morgan fingerprint density at radius 1 is 1.21 bits per heavy atom. The third kappa shape index (κ3) is 4.52. The molecule has 1 amide bonds. The highest BCUT2D eigenvalue weighted by molar-refractivity contribution is 7.22. The normalized spacial score (nSPS) is 15.1. The Kier molecular flexibility index (Phi) is 5.99. The van der Waals surface area contributed by atoms with Crippen molar-refractivity contribution < 1.29 is 13.9 Å². The van der Waals surface area contributed by atoms with E-state index in [0.717, 1.165) is 60.4 Å². The van der Waals surface area contributed by atoms with Crippen LogP contribution in [0.3, 0.4) is 0 Å². The molecule has 0 unspecified atom stereocenters. The first-order valence-electron chi connectivity index (χ1n) is 10.1. The molecule has 0 atom stereocenters. The first-order chi connectivity index (χ1) is 14.0. The summed E-state index contributed by atoms with van der Waals surface area (Å²) in [5.41, 5.74) is 2.74. The van der Waals surface area contributed by atoms with Crippen LogP contribution in [0, 0.1) is 20.8 Å². The smallest absolute Gasteiger partial charge is 0.263 e. The van der Waals surface area contributed by atoms with Crippen LogP contribution in [0.5, 0.6) is 0 Å². The summed E-state index contributed by atoms with van der Waals surface area (Å²) in [7, 11) is 0. The first kappa shape index (κ1) is 20.1. The molecule has 0 bridgehead atoms. The summed E-state index contributed by atoms with van der Waals surface area (Å²) in [5.74, 6) is 1.36. The molecule has 0 spiro atoms. The summed E-state index contributed by atoms with van der Waals surface area (Å²) >= 11 is 1.57. The van der Waals surface area contributed by atoms with Crippen molar-refractivity contribution in [3.63, 3.8) is 0 Å². The number of carbonyl (C=O) groups is 1. The van der Waals surface area contributed by atoms with Gasteiger partial charge in [0.15, 0.2) is 5.13 Å².